The van der Waals surface area contributed by atoms with E-state index in [0.29, 0.717) is 12.6 Å². The second-order valence-corrected chi connectivity index (χ2v) is 4.65. The molecule has 1 saturated carbocycles. The van der Waals surface area contributed by atoms with Crippen LogP contribution in [0, 0.1) is 18.3 Å². The Morgan fingerprint density at radius 3 is 2.40 bits per heavy atom. The Kier molecular flexibility index (Phi) is 5.75. The van der Waals surface area contributed by atoms with Gasteiger partial charge in [0.2, 0.25) is 0 Å². The van der Waals surface area contributed by atoms with Crippen molar-refractivity contribution < 1.29 is 0 Å². The summed E-state index contributed by atoms with van der Waals surface area (Å²) < 4.78 is 0. The summed E-state index contributed by atoms with van der Waals surface area (Å²) in [5.74, 6) is 3.45. The zero-order valence-electron chi connectivity index (χ0n) is 9.84. The van der Waals surface area contributed by atoms with Crippen LogP contribution in [0.5, 0.6) is 0 Å². The van der Waals surface area contributed by atoms with E-state index in [0.717, 1.165) is 5.92 Å². The summed E-state index contributed by atoms with van der Waals surface area (Å²) in [5, 5.41) is 3.45. The van der Waals surface area contributed by atoms with Crippen molar-refractivity contribution in [3.63, 3.8) is 0 Å². The highest BCUT2D eigenvalue weighted by Gasteiger charge is 2.22. The first kappa shape index (κ1) is 12.5. The lowest BCUT2D eigenvalue weighted by atomic mass is 9.91. The average molecular weight is 208 g/mol. The van der Waals surface area contributed by atoms with Gasteiger partial charge in [0.1, 0.15) is 0 Å². The summed E-state index contributed by atoms with van der Waals surface area (Å²) >= 11 is 0. The smallest absolute Gasteiger partial charge is 0.0660 e. The monoisotopic (exact) mass is 208 g/mol. The van der Waals surface area contributed by atoms with Gasteiger partial charge in [-0.05, 0) is 25.7 Å². The van der Waals surface area contributed by atoms with Gasteiger partial charge in [-0.2, -0.15) is 0 Å². The molecule has 0 bridgehead atoms. The molecule has 2 heteroatoms. The van der Waals surface area contributed by atoms with Gasteiger partial charge in [0, 0.05) is 12.6 Å². The lowest BCUT2D eigenvalue weighted by Gasteiger charge is -2.27. The van der Waals surface area contributed by atoms with E-state index in [1.807, 2.05) is 6.92 Å². The van der Waals surface area contributed by atoms with Crippen LogP contribution in [-0.4, -0.2) is 18.6 Å². The van der Waals surface area contributed by atoms with E-state index in [1.165, 1.54) is 38.5 Å². The zero-order chi connectivity index (χ0) is 11.1. The van der Waals surface area contributed by atoms with Crippen molar-refractivity contribution in [3.05, 3.63) is 0 Å². The third kappa shape index (κ3) is 4.24. The van der Waals surface area contributed by atoms with Crippen LogP contribution in [0.1, 0.15) is 45.4 Å². The molecule has 1 rings (SSSR count). The van der Waals surface area contributed by atoms with Crippen LogP contribution in [0.15, 0.2) is 0 Å². The van der Waals surface area contributed by atoms with Gasteiger partial charge >= 0.3 is 0 Å². The molecule has 0 aromatic carbocycles. The molecule has 2 nitrogen and oxygen atoms in total. The van der Waals surface area contributed by atoms with Gasteiger partial charge in [0.15, 0.2) is 0 Å². The van der Waals surface area contributed by atoms with Crippen LogP contribution in [0.2, 0.25) is 0 Å². The van der Waals surface area contributed by atoms with Gasteiger partial charge in [0.25, 0.3) is 0 Å². The largest absolute Gasteiger partial charge is 0.329 e. The summed E-state index contributed by atoms with van der Waals surface area (Å²) in [6, 6.07) is 0.552. The molecule has 2 atom stereocenters. The normalized spacial score (nSPS) is 22.7. The Bertz CT molecular complexity index is 199. The first-order chi connectivity index (χ1) is 7.27. The van der Waals surface area contributed by atoms with Gasteiger partial charge in [-0.1, -0.05) is 31.6 Å². The van der Waals surface area contributed by atoms with Crippen molar-refractivity contribution in [2.75, 3.05) is 6.54 Å². The maximum atomic E-state index is 5.83. The van der Waals surface area contributed by atoms with E-state index in [2.05, 4.69) is 11.2 Å². The molecule has 2 unspecified atom stereocenters. The minimum atomic E-state index is 0.141. The van der Waals surface area contributed by atoms with Gasteiger partial charge in [-0.3, -0.25) is 5.32 Å². The Balaban J connectivity index is 2.45. The summed E-state index contributed by atoms with van der Waals surface area (Å²) in [6.45, 7) is 2.73. The summed E-state index contributed by atoms with van der Waals surface area (Å²) in [7, 11) is 0. The van der Waals surface area contributed by atoms with Crippen LogP contribution >= 0.6 is 0 Å². The molecule has 0 aromatic rings. The molecule has 0 aliphatic heterocycles. The fourth-order valence-electron chi connectivity index (χ4n) is 2.48. The minimum Gasteiger partial charge on any atom is -0.329 e. The number of hydrogen-bond acceptors (Lipinski definition) is 2. The Morgan fingerprint density at radius 1 is 1.33 bits per heavy atom. The van der Waals surface area contributed by atoms with E-state index in [9.17, 15) is 0 Å². The number of rotatable bonds is 4. The van der Waals surface area contributed by atoms with Crippen molar-refractivity contribution in [2.45, 2.75) is 57.5 Å². The van der Waals surface area contributed by atoms with Gasteiger partial charge in [-0.15, -0.1) is 6.42 Å². The van der Waals surface area contributed by atoms with Crippen molar-refractivity contribution in [1.29, 1.82) is 0 Å². The van der Waals surface area contributed by atoms with E-state index in [4.69, 9.17) is 12.2 Å². The Labute approximate surface area is 94.0 Å². The van der Waals surface area contributed by atoms with Gasteiger partial charge in [0.05, 0.1) is 6.04 Å². The first-order valence-corrected chi connectivity index (χ1v) is 6.20. The van der Waals surface area contributed by atoms with Crippen molar-refractivity contribution in [3.8, 4) is 12.3 Å². The van der Waals surface area contributed by atoms with Crippen molar-refractivity contribution in [1.82, 2.24) is 5.32 Å². The van der Waals surface area contributed by atoms with Crippen molar-refractivity contribution in [2.24, 2.45) is 11.7 Å². The topological polar surface area (TPSA) is 38.0 Å². The Morgan fingerprint density at radius 2 is 1.93 bits per heavy atom. The molecule has 0 amide bonds. The zero-order valence-corrected chi connectivity index (χ0v) is 9.84. The molecule has 0 spiro atoms. The summed E-state index contributed by atoms with van der Waals surface area (Å²) in [4.78, 5) is 0. The molecule has 15 heavy (non-hydrogen) atoms. The minimum absolute atomic E-state index is 0.141. The number of terminal acetylenes is 1. The molecule has 1 aliphatic rings. The maximum absolute atomic E-state index is 5.83. The molecule has 86 valence electrons. The lowest BCUT2D eigenvalue weighted by Crippen LogP contribution is -2.45. The second-order valence-electron chi connectivity index (χ2n) is 4.65. The number of nitrogens with two attached hydrogens (primary N) is 1. The summed E-state index contributed by atoms with van der Waals surface area (Å²) in [6.07, 6.45) is 13.5. The molecule has 0 heterocycles. The predicted octanol–water partition coefficient (Wildman–Crippen LogP) is 1.90. The van der Waals surface area contributed by atoms with E-state index in [1.54, 1.807) is 0 Å². The highest BCUT2D eigenvalue weighted by Crippen LogP contribution is 2.25. The third-order valence-electron chi connectivity index (χ3n) is 3.44. The highest BCUT2D eigenvalue weighted by atomic mass is 15.0. The quantitative estimate of drug-likeness (QED) is 0.547. The first-order valence-electron chi connectivity index (χ1n) is 6.20. The van der Waals surface area contributed by atoms with E-state index in [-0.39, 0.29) is 6.04 Å². The van der Waals surface area contributed by atoms with Crippen LogP contribution in [-0.2, 0) is 0 Å². The van der Waals surface area contributed by atoms with Crippen LogP contribution in [0.25, 0.3) is 0 Å². The molecular formula is C13H24N2. The molecular weight excluding hydrogens is 184 g/mol. The maximum Gasteiger partial charge on any atom is 0.0660 e. The molecule has 0 radical (unpaired) electrons. The second kappa shape index (κ2) is 6.87. The van der Waals surface area contributed by atoms with Gasteiger partial charge < -0.3 is 5.73 Å². The number of hydrogen-bond donors (Lipinski definition) is 2. The summed E-state index contributed by atoms with van der Waals surface area (Å²) in [5.41, 5.74) is 5.83. The van der Waals surface area contributed by atoms with Crippen LogP contribution in [0.3, 0.4) is 0 Å². The molecule has 0 saturated heterocycles. The fraction of sp³-hybridized carbons (Fsp3) is 0.846. The SMILES string of the molecule is C#CC(C)NC(CN)C1CCCCCC1. The lowest BCUT2D eigenvalue weighted by molar-refractivity contribution is 0.317. The number of nitrogens with one attached hydrogen (secondary N) is 1. The highest BCUT2D eigenvalue weighted by molar-refractivity contribution is 4.98. The van der Waals surface area contributed by atoms with Crippen LogP contribution in [0.4, 0.5) is 0 Å². The molecule has 1 fully saturated rings. The fourth-order valence-corrected chi connectivity index (χ4v) is 2.48. The Hall–Kier alpha value is -0.520. The molecule has 3 N–H and O–H groups in total. The predicted molar refractivity (Wildman–Crippen MR) is 65.5 cm³/mol. The van der Waals surface area contributed by atoms with Crippen molar-refractivity contribution >= 4 is 0 Å². The van der Waals surface area contributed by atoms with E-state index < -0.39 is 0 Å². The van der Waals surface area contributed by atoms with Crippen LogP contribution < -0.4 is 11.1 Å². The third-order valence-corrected chi connectivity index (χ3v) is 3.44. The average Bonchev–Trinajstić information content (AvgIpc) is 2.54. The van der Waals surface area contributed by atoms with E-state index >= 15 is 0 Å². The standard InChI is InChI=1S/C13H24N2/c1-3-11(2)15-13(10-14)12-8-6-4-5-7-9-12/h1,11-13,15H,4-10,14H2,2H3. The molecule has 0 aromatic heterocycles. The molecule has 1 aliphatic carbocycles. The van der Waals surface area contributed by atoms with Gasteiger partial charge in [-0.25, -0.2) is 0 Å².